The van der Waals surface area contributed by atoms with Gasteiger partial charge in [0.2, 0.25) is 5.76 Å². The molecule has 2 aromatic rings. The highest BCUT2D eigenvalue weighted by molar-refractivity contribution is 7.99. The molecule has 0 heterocycles. The summed E-state index contributed by atoms with van der Waals surface area (Å²) in [5.74, 6) is -1.09. The summed E-state index contributed by atoms with van der Waals surface area (Å²) < 4.78 is 9.75. The van der Waals surface area contributed by atoms with E-state index >= 15 is 0 Å². The quantitative estimate of drug-likeness (QED) is 0.436. The van der Waals surface area contributed by atoms with Gasteiger partial charge < -0.3 is 9.47 Å². The Balaban J connectivity index is 1.99. The van der Waals surface area contributed by atoms with Crippen LogP contribution in [0.5, 0.6) is 0 Å². The zero-order valence-corrected chi connectivity index (χ0v) is 14.7. The molecule has 6 heteroatoms. The molecule has 0 radical (unpaired) electrons. The number of rotatable bonds is 7. The van der Waals surface area contributed by atoms with Crippen molar-refractivity contribution >= 4 is 29.5 Å². The number of hydrogen-bond donors (Lipinski definition) is 1. The van der Waals surface area contributed by atoms with Crippen molar-refractivity contribution in [1.82, 2.24) is 0 Å². The minimum atomic E-state index is -0.792. The van der Waals surface area contributed by atoms with Crippen LogP contribution in [-0.4, -0.2) is 18.7 Å². The highest BCUT2D eigenvalue weighted by atomic mass is 32.2. The second-order valence-electron chi connectivity index (χ2n) is 4.98. The van der Waals surface area contributed by atoms with Crippen molar-refractivity contribution in [2.45, 2.75) is 23.1 Å². The predicted molar refractivity (Wildman–Crippen MR) is 97.5 cm³/mol. The molecule has 25 heavy (non-hydrogen) atoms. The van der Waals surface area contributed by atoms with Crippen LogP contribution in [0.1, 0.15) is 13.3 Å². The molecule has 2 aromatic carbocycles. The van der Waals surface area contributed by atoms with Gasteiger partial charge in [-0.1, -0.05) is 49.0 Å². The third kappa shape index (κ3) is 6.00. The molecular weight excluding hydrogens is 338 g/mol. The molecule has 0 saturated carbocycles. The maximum Gasteiger partial charge on any atom is 0.417 e. The van der Waals surface area contributed by atoms with E-state index in [1.54, 1.807) is 12.1 Å². The maximum atomic E-state index is 12.0. The van der Waals surface area contributed by atoms with Crippen LogP contribution in [0.4, 0.5) is 10.5 Å². The van der Waals surface area contributed by atoms with Gasteiger partial charge in [-0.3, -0.25) is 5.32 Å². The van der Waals surface area contributed by atoms with Gasteiger partial charge in [-0.05, 0) is 37.3 Å². The van der Waals surface area contributed by atoms with E-state index in [0.717, 1.165) is 9.79 Å². The summed E-state index contributed by atoms with van der Waals surface area (Å²) in [5.41, 5.74) is 0.580. The number of carbonyl (C=O) groups excluding carboxylic acids is 2. The average Bonchev–Trinajstić information content (AvgIpc) is 2.62. The zero-order valence-electron chi connectivity index (χ0n) is 13.9. The third-order valence-corrected chi connectivity index (χ3v) is 4.06. The van der Waals surface area contributed by atoms with Crippen LogP contribution >= 0.6 is 11.8 Å². The van der Waals surface area contributed by atoms with Crippen LogP contribution in [-0.2, 0) is 14.3 Å². The monoisotopic (exact) mass is 357 g/mol. The van der Waals surface area contributed by atoms with Crippen molar-refractivity contribution in [3.63, 3.8) is 0 Å². The van der Waals surface area contributed by atoms with Crippen molar-refractivity contribution in [3.05, 3.63) is 66.9 Å². The van der Waals surface area contributed by atoms with Crippen LogP contribution in [0.3, 0.4) is 0 Å². The molecule has 0 bridgehead atoms. The van der Waals surface area contributed by atoms with Gasteiger partial charge in [-0.15, -0.1) is 0 Å². The summed E-state index contributed by atoms with van der Waals surface area (Å²) in [6.07, 6.45) is -0.116. The van der Waals surface area contributed by atoms with Crippen LogP contribution in [0.25, 0.3) is 0 Å². The van der Waals surface area contributed by atoms with Gasteiger partial charge in [-0.2, -0.15) is 0 Å². The maximum absolute atomic E-state index is 12.0. The summed E-state index contributed by atoms with van der Waals surface area (Å²) in [6, 6.07) is 17.1. The second-order valence-corrected chi connectivity index (χ2v) is 6.10. The van der Waals surface area contributed by atoms with Gasteiger partial charge in [0.1, 0.15) is 0 Å². The standard InChI is InChI=1S/C19H19NO4S/c1-3-13-23-18(21)14(2)24-19(22)20-16-11-7-8-12-17(16)25-15-9-5-4-6-10-15/h4-12H,2-3,13H2,1H3,(H,20,22). The lowest BCUT2D eigenvalue weighted by molar-refractivity contribution is -0.141. The Bertz CT molecular complexity index is 746. The van der Waals surface area contributed by atoms with Crippen LogP contribution < -0.4 is 5.32 Å². The number of esters is 1. The van der Waals surface area contributed by atoms with E-state index in [2.05, 4.69) is 11.9 Å². The first kappa shape index (κ1) is 18.6. The van der Waals surface area contributed by atoms with Gasteiger partial charge in [0.25, 0.3) is 0 Å². The lowest BCUT2D eigenvalue weighted by Crippen LogP contribution is -2.18. The normalized spacial score (nSPS) is 9.96. The minimum absolute atomic E-state index is 0.249. The molecule has 0 spiro atoms. The van der Waals surface area contributed by atoms with E-state index in [4.69, 9.17) is 9.47 Å². The molecule has 1 N–H and O–H groups in total. The topological polar surface area (TPSA) is 64.6 Å². The third-order valence-electron chi connectivity index (χ3n) is 2.98. The molecule has 0 aliphatic carbocycles. The van der Waals surface area contributed by atoms with Crippen LogP contribution in [0.15, 0.2) is 76.7 Å². The fourth-order valence-corrected chi connectivity index (χ4v) is 2.76. The number of ether oxygens (including phenoxy) is 2. The molecule has 130 valence electrons. The summed E-state index contributed by atoms with van der Waals surface area (Å²) >= 11 is 1.51. The Hall–Kier alpha value is -2.73. The lowest BCUT2D eigenvalue weighted by atomic mass is 10.3. The first-order chi connectivity index (χ1) is 12.1. The average molecular weight is 357 g/mol. The van der Waals surface area contributed by atoms with Gasteiger partial charge in [0.15, 0.2) is 0 Å². The first-order valence-corrected chi connectivity index (χ1v) is 8.58. The van der Waals surface area contributed by atoms with Crippen molar-refractivity contribution in [3.8, 4) is 0 Å². The molecule has 0 unspecified atom stereocenters. The van der Waals surface area contributed by atoms with Crippen LogP contribution in [0, 0.1) is 0 Å². The number of benzene rings is 2. The number of anilines is 1. The minimum Gasteiger partial charge on any atom is -0.460 e. The first-order valence-electron chi connectivity index (χ1n) is 7.77. The van der Waals surface area contributed by atoms with Gasteiger partial charge >= 0.3 is 12.1 Å². The summed E-state index contributed by atoms with van der Waals surface area (Å²) in [4.78, 5) is 25.5. The number of para-hydroxylation sites is 1. The Morgan fingerprint density at radius 1 is 1.08 bits per heavy atom. The number of hydrogen-bond acceptors (Lipinski definition) is 5. The van der Waals surface area contributed by atoms with Gasteiger partial charge in [0.05, 0.1) is 12.3 Å². The molecule has 0 fully saturated rings. The number of carbonyl (C=O) groups is 2. The number of amides is 1. The second kappa shape index (κ2) is 9.54. The van der Waals surface area contributed by atoms with Crippen molar-refractivity contribution in [2.75, 3.05) is 11.9 Å². The van der Waals surface area contributed by atoms with Gasteiger partial charge in [0, 0.05) is 9.79 Å². The van der Waals surface area contributed by atoms with Crippen LogP contribution in [0.2, 0.25) is 0 Å². The largest absolute Gasteiger partial charge is 0.460 e. The SMILES string of the molecule is C=C(OC(=O)Nc1ccccc1Sc1ccccc1)C(=O)OCCC. The molecule has 0 atom stereocenters. The zero-order chi connectivity index (χ0) is 18.1. The molecule has 0 aromatic heterocycles. The van der Waals surface area contributed by atoms with E-state index < -0.39 is 12.1 Å². The molecule has 1 amide bonds. The predicted octanol–water partition coefficient (Wildman–Crippen LogP) is 4.85. The molecule has 0 aliphatic rings. The summed E-state index contributed by atoms with van der Waals surface area (Å²) in [6.45, 7) is 5.53. The van der Waals surface area contributed by atoms with Crippen molar-refractivity contribution < 1.29 is 19.1 Å². The molecule has 5 nitrogen and oxygen atoms in total. The molecule has 0 aliphatic heterocycles. The van der Waals surface area contributed by atoms with E-state index in [9.17, 15) is 9.59 Å². The van der Waals surface area contributed by atoms with Crippen molar-refractivity contribution in [1.29, 1.82) is 0 Å². The number of nitrogens with one attached hydrogen (secondary N) is 1. The molecule has 0 saturated heterocycles. The van der Waals surface area contributed by atoms with E-state index in [1.165, 1.54) is 11.8 Å². The van der Waals surface area contributed by atoms with E-state index in [0.29, 0.717) is 12.1 Å². The van der Waals surface area contributed by atoms with Gasteiger partial charge in [-0.25, -0.2) is 9.59 Å². The smallest absolute Gasteiger partial charge is 0.417 e. The highest BCUT2D eigenvalue weighted by Gasteiger charge is 2.15. The Labute approximate surface area is 151 Å². The fraction of sp³-hybridized carbons (Fsp3) is 0.158. The lowest BCUT2D eigenvalue weighted by Gasteiger charge is -2.11. The van der Waals surface area contributed by atoms with E-state index in [-0.39, 0.29) is 12.4 Å². The van der Waals surface area contributed by atoms with E-state index in [1.807, 2.05) is 49.4 Å². The fourth-order valence-electron chi connectivity index (χ4n) is 1.84. The molecular formula is C19H19NO4S. The highest BCUT2D eigenvalue weighted by Crippen LogP contribution is 2.33. The summed E-state index contributed by atoms with van der Waals surface area (Å²) in [7, 11) is 0. The van der Waals surface area contributed by atoms with Crippen molar-refractivity contribution in [2.24, 2.45) is 0 Å². The Morgan fingerprint density at radius 2 is 1.76 bits per heavy atom. The Kier molecular flexibility index (Phi) is 7.10. The Morgan fingerprint density at radius 3 is 2.48 bits per heavy atom. The summed E-state index contributed by atoms with van der Waals surface area (Å²) in [5, 5.41) is 2.62. The molecule has 2 rings (SSSR count).